The molecule has 0 radical (unpaired) electrons. The quantitative estimate of drug-likeness (QED) is 0.582. The second kappa shape index (κ2) is 4.53. The summed E-state index contributed by atoms with van der Waals surface area (Å²) in [6, 6.07) is 5.53. The Kier molecular flexibility index (Phi) is 3.93. The zero-order valence-corrected chi connectivity index (χ0v) is 10.7. The lowest BCUT2D eigenvalue weighted by molar-refractivity contribution is 0.102. The van der Waals surface area contributed by atoms with Gasteiger partial charge in [-0.3, -0.25) is 4.79 Å². The van der Waals surface area contributed by atoms with Crippen LogP contribution in [0.15, 0.2) is 27.1 Å². The first-order valence-corrected chi connectivity index (χ1v) is 5.90. The molecule has 0 aliphatic heterocycles. The molecule has 0 saturated carbocycles. The second-order valence-corrected chi connectivity index (χ2v) is 4.51. The van der Waals surface area contributed by atoms with Crippen molar-refractivity contribution in [3.05, 3.63) is 32.7 Å². The van der Waals surface area contributed by atoms with Gasteiger partial charge in [-0.1, -0.05) is 47.8 Å². The molecule has 4 heteroatoms. The summed E-state index contributed by atoms with van der Waals surface area (Å²) in [6.07, 6.45) is 0. The van der Waals surface area contributed by atoms with Crippen LogP contribution in [0.4, 0.5) is 0 Å². The summed E-state index contributed by atoms with van der Waals surface area (Å²) in [7, 11) is 0. The number of benzene rings is 1. The number of carbonyl (C=O) groups is 1. The van der Waals surface area contributed by atoms with Gasteiger partial charge in [-0.15, -0.1) is 0 Å². The number of carbonyl (C=O) groups excluding carboxylic acids is 1. The van der Waals surface area contributed by atoms with Gasteiger partial charge in [0.25, 0.3) is 0 Å². The van der Waals surface area contributed by atoms with Gasteiger partial charge in [-0.2, -0.15) is 0 Å². The number of Topliss-reactive ketones (excluding diaryl/α,β-unsaturated/α-hetero) is 1. The summed E-state index contributed by atoms with van der Waals surface area (Å²) in [5.74, 6) is 0.0724. The Morgan fingerprint density at radius 2 is 2.00 bits per heavy atom. The third-order valence-corrected chi connectivity index (χ3v) is 3.04. The first-order chi connectivity index (χ1) is 5.65. The fraction of sp³-hybridized carbons (Fsp3) is 0.125. The Morgan fingerprint density at radius 3 is 2.58 bits per heavy atom. The van der Waals surface area contributed by atoms with Crippen LogP contribution in [0.25, 0.3) is 0 Å². The molecule has 0 atom stereocenters. The molecule has 12 heavy (non-hydrogen) atoms. The van der Waals surface area contributed by atoms with Gasteiger partial charge in [0, 0.05) is 14.5 Å². The molecule has 0 heterocycles. The minimum Gasteiger partial charge on any atom is -0.293 e. The molecule has 0 aliphatic carbocycles. The maximum absolute atomic E-state index is 11.3. The minimum atomic E-state index is 0.0724. The van der Waals surface area contributed by atoms with Crippen molar-refractivity contribution in [3.63, 3.8) is 0 Å². The number of ketones is 1. The number of rotatable bonds is 2. The van der Waals surface area contributed by atoms with E-state index in [0.29, 0.717) is 10.9 Å². The first kappa shape index (κ1) is 10.4. The number of hydrogen-bond donors (Lipinski definition) is 0. The average Bonchev–Trinajstić information content (AvgIpc) is 2.08. The molecule has 0 fully saturated rings. The van der Waals surface area contributed by atoms with Crippen molar-refractivity contribution in [2.24, 2.45) is 0 Å². The van der Waals surface area contributed by atoms with Crippen LogP contribution in [-0.4, -0.2) is 11.1 Å². The molecule has 0 unspecified atom stereocenters. The van der Waals surface area contributed by atoms with E-state index in [1.807, 2.05) is 12.1 Å². The highest BCUT2D eigenvalue weighted by atomic mass is 79.9. The van der Waals surface area contributed by atoms with Crippen molar-refractivity contribution in [2.75, 3.05) is 5.33 Å². The van der Waals surface area contributed by atoms with Crippen LogP contribution in [0, 0.1) is 0 Å². The zero-order valence-electron chi connectivity index (χ0n) is 5.98. The molecule has 64 valence electrons. The highest BCUT2D eigenvalue weighted by molar-refractivity contribution is 9.11. The van der Waals surface area contributed by atoms with E-state index in [1.54, 1.807) is 6.07 Å². The minimum absolute atomic E-state index is 0.0724. The van der Waals surface area contributed by atoms with Gasteiger partial charge < -0.3 is 0 Å². The molecular formula is C8H5Br3O. The van der Waals surface area contributed by atoms with E-state index in [2.05, 4.69) is 47.8 Å². The van der Waals surface area contributed by atoms with Gasteiger partial charge in [0.15, 0.2) is 5.78 Å². The first-order valence-electron chi connectivity index (χ1n) is 3.19. The largest absolute Gasteiger partial charge is 0.293 e. The summed E-state index contributed by atoms with van der Waals surface area (Å²) in [4.78, 5) is 11.3. The van der Waals surface area contributed by atoms with Crippen LogP contribution >= 0.6 is 47.8 Å². The summed E-state index contributed by atoms with van der Waals surface area (Å²) in [5.41, 5.74) is 0.696. The molecule has 1 nitrogen and oxygen atoms in total. The van der Waals surface area contributed by atoms with Gasteiger partial charge in [0.1, 0.15) is 0 Å². The molecule has 0 bridgehead atoms. The normalized spacial score (nSPS) is 9.92. The summed E-state index contributed by atoms with van der Waals surface area (Å²) in [6.45, 7) is 0. The van der Waals surface area contributed by atoms with Crippen LogP contribution in [0.5, 0.6) is 0 Å². The molecule has 0 amide bonds. The van der Waals surface area contributed by atoms with Crippen LogP contribution in [0.2, 0.25) is 0 Å². The Labute approximate surface area is 95.9 Å². The zero-order chi connectivity index (χ0) is 9.14. The molecular weight excluding hydrogens is 352 g/mol. The summed E-state index contributed by atoms with van der Waals surface area (Å²) < 4.78 is 1.74. The van der Waals surface area contributed by atoms with E-state index in [4.69, 9.17) is 0 Å². The Balaban J connectivity index is 3.13. The van der Waals surface area contributed by atoms with Crippen LogP contribution in [0.1, 0.15) is 10.4 Å². The predicted molar refractivity (Wildman–Crippen MR) is 60.0 cm³/mol. The fourth-order valence-corrected chi connectivity index (χ4v) is 1.91. The predicted octanol–water partition coefficient (Wildman–Crippen LogP) is 3.79. The molecule has 1 aromatic carbocycles. The third kappa shape index (κ3) is 2.41. The standard InChI is InChI=1S/C8H5Br3O/c9-4-8(12)6-3-5(10)1-2-7(6)11/h1-3H,4H2. The van der Waals surface area contributed by atoms with Crippen LogP contribution in [0.3, 0.4) is 0 Å². The van der Waals surface area contributed by atoms with Crippen molar-refractivity contribution in [2.45, 2.75) is 0 Å². The maximum Gasteiger partial charge on any atom is 0.174 e. The molecule has 0 spiro atoms. The molecule has 0 aliphatic rings. The van der Waals surface area contributed by atoms with Gasteiger partial charge in [-0.05, 0) is 18.2 Å². The molecule has 1 rings (SSSR count). The van der Waals surface area contributed by atoms with E-state index in [1.165, 1.54) is 0 Å². The van der Waals surface area contributed by atoms with Crippen LogP contribution in [-0.2, 0) is 0 Å². The van der Waals surface area contributed by atoms with E-state index >= 15 is 0 Å². The Morgan fingerprint density at radius 1 is 1.33 bits per heavy atom. The monoisotopic (exact) mass is 354 g/mol. The van der Waals surface area contributed by atoms with Gasteiger partial charge in [0.2, 0.25) is 0 Å². The van der Waals surface area contributed by atoms with Gasteiger partial charge in [0.05, 0.1) is 5.33 Å². The van der Waals surface area contributed by atoms with Crippen molar-refractivity contribution < 1.29 is 4.79 Å². The number of halogens is 3. The highest BCUT2D eigenvalue weighted by Gasteiger charge is 2.08. The SMILES string of the molecule is O=C(CBr)c1cc(Br)ccc1Br. The summed E-state index contributed by atoms with van der Waals surface area (Å²) in [5, 5.41) is 0.349. The maximum atomic E-state index is 11.3. The lowest BCUT2D eigenvalue weighted by Crippen LogP contribution is -2.00. The van der Waals surface area contributed by atoms with E-state index in [9.17, 15) is 4.79 Å². The van der Waals surface area contributed by atoms with Crippen molar-refractivity contribution in [1.29, 1.82) is 0 Å². The van der Waals surface area contributed by atoms with Crippen LogP contribution < -0.4 is 0 Å². The van der Waals surface area contributed by atoms with Gasteiger partial charge >= 0.3 is 0 Å². The van der Waals surface area contributed by atoms with E-state index in [-0.39, 0.29) is 5.78 Å². The lowest BCUT2D eigenvalue weighted by atomic mass is 10.2. The molecule has 0 saturated heterocycles. The second-order valence-electron chi connectivity index (χ2n) is 2.18. The molecule has 1 aromatic rings. The Hall–Kier alpha value is 0.330. The van der Waals surface area contributed by atoms with Crippen molar-refractivity contribution in [3.8, 4) is 0 Å². The smallest absolute Gasteiger partial charge is 0.174 e. The number of alkyl halides is 1. The highest BCUT2D eigenvalue weighted by Crippen LogP contribution is 2.22. The Bertz CT molecular complexity index is 309. The topological polar surface area (TPSA) is 17.1 Å². The third-order valence-electron chi connectivity index (χ3n) is 1.35. The fourth-order valence-electron chi connectivity index (χ4n) is 0.783. The number of hydrogen-bond acceptors (Lipinski definition) is 1. The summed E-state index contributed by atoms with van der Waals surface area (Å²) >= 11 is 9.74. The van der Waals surface area contributed by atoms with Gasteiger partial charge in [-0.25, -0.2) is 0 Å². The lowest BCUT2D eigenvalue weighted by Gasteiger charge is -2.00. The molecule has 0 N–H and O–H groups in total. The van der Waals surface area contributed by atoms with E-state index in [0.717, 1.165) is 8.95 Å². The average molecular weight is 357 g/mol. The van der Waals surface area contributed by atoms with E-state index < -0.39 is 0 Å². The van der Waals surface area contributed by atoms with Crippen molar-refractivity contribution >= 4 is 53.6 Å². The van der Waals surface area contributed by atoms with Crippen molar-refractivity contribution in [1.82, 2.24) is 0 Å². The molecule has 0 aromatic heterocycles.